The smallest absolute Gasteiger partial charge is 0.258 e. The molecular formula is C23H32N6OS. The minimum Gasteiger partial charge on any atom is -0.298 e. The number of aryl methyl sites for hydroxylation is 2. The Kier molecular flexibility index (Phi) is 6.12. The maximum absolute atomic E-state index is 13.2. The number of likely N-dealkylation sites (tertiary alicyclic amines) is 1. The molecule has 1 aliphatic heterocycles. The van der Waals surface area contributed by atoms with Gasteiger partial charge in [0.25, 0.3) is 5.91 Å². The van der Waals surface area contributed by atoms with Crippen LogP contribution in [-0.4, -0.2) is 43.6 Å². The van der Waals surface area contributed by atoms with Gasteiger partial charge in [0.1, 0.15) is 0 Å². The Morgan fingerprint density at radius 1 is 1.26 bits per heavy atom. The maximum Gasteiger partial charge on any atom is 0.258 e. The second-order valence-corrected chi connectivity index (χ2v) is 10.3. The van der Waals surface area contributed by atoms with Crippen LogP contribution < -0.4 is 5.32 Å². The zero-order valence-corrected chi connectivity index (χ0v) is 20.1. The van der Waals surface area contributed by atoms with Crippen LogP contribution >= 0.6 is 11.3 Å². The number of anilines is 1. The number of amides is 1. The van der Waals surface area contributed by atoms with Crippen molar-refractivity contribution in [3.05, 3.63) is 34.1 Å². The largest absolute Gasteiger partial charge is 0.298 e. The van der Waals surface area contributed by atoms with E-state index in [-0.39, 0.29) is 11.8 Å². The predicted octanol–water partition coefficient (Wildman–Crippen LogP) is 4.59. The van der Waals surface area contributed by atoms with Crippen LogP contribution in [0.15, 0.2) is 11.4 Å². The standard InChI is InChI=1S/C23H32N6OS/c1-13(2)19-8-18(20-16(5)27-28(6)21(20)25-19)22(30)26-23-24-17(12-31-23)11-29-9-14(3)7-15(4)10-29/h8,12-15H,7,9-11H2,1-6H3,(H,24,26,30). The highest BCUT2D eigenvalue weighted by Crippen LogP contribution is 2.27. The Morgan fingerprint density at radius 2 is 1.97 bits per heavy atom. The summed E-state index contributed by atoms with van der Waals surface area (Å²) in [5, 5.41) is 11.0. The third-order valence-corrected chi connectivity index (χ3v) is 6.73. The average Bonchev–Trinajstić information content (AvgIpc) is 3.23. The maximum atomic E-state index is 13.2. The van der Waals surface area contributed by atoms with Crippen molar-refractivity contribution in [3.63, 3.8) is 0 Å². The van der Waals surface area contributed by atoms with Gasteiger partial charge >= 0.3 is 0 Å². The fourth-order valence-corrected chi connectivity index (χ4v) is 5.39. The molecule has 3 aromatic rings. The predicted molar refractivity (Wildman–Crippen MR) is 126 cm³/mol. The van der Waals surface area contributed by atoms with Crippen LogP contribution in [-0.2, 0) is 13.6 Å². The first kappa shape index (κ1) is 21.9. The Labute approximate surface area is 187 Å². The van der Waals surface area contributed by atoms with Gasteiger partial charge in [-0.15, -0.1) is 11.3 Å². The number of rotatable bonds is 5. The molecule has 1 fully saturated rings. The van der Waals surface area contributed by atoms with E-state index in [0.29, 0.717) is 22.5 Å². The Hall–Kier alpha value is -2.32. The molecule has 0 saturated carbocycles. The molecule has 0 spiro atoms. The number of piperidine rings is 1. The van der Waals surface area contributed by atoms with Crippen molar-refractivity contribution in [2.24, 2.45) is 18.9 Å². The lowest BCUT2D eigenvalue weighted by Crippen LogP contribution is -2.38. The summed E-state index contributed by atoms with van der Waals surface area (Å²) >= 11 is 1.48. The van der Waals surface area contributed by atoms with Crippen molar-refractivity contribution in [1.29, 1.82) is 0 Å². The summed E-state index contributed by atoms with van der Waals surface area (Å²) in [6.45, 7) is 13.8. The average molecular weight is 441 g/mol. The number of fused-ring (bicyclic) bond motifs is 1. The zero-order chi connectivity index (χ0) is 22.3. The lowest BCUT2D eigenvalue weighted by Gasteiger charge is -2.34. The lowest BCUT2D eigenvalue weighted by molar-refractivity contribution is 0.102. The molecule has 7 nitrogen and oxygen atoms in total. The normalized spacial score (nSPS) is 20.0. The van der Waals surface area contributed by atoms with Gasteiger partial charge in [-0.2, -0.15) is 5.10 Å². The van der Waals surface area contributed by atoms with Gasteiger partial charge in [-0.3, -0.25) is 19.7 Å². The van der Waals surface area contributed by atoms with Gasteiger partial charge in [0, 0.05) is 37.8 Å². The van der Waals surface area contributed by atoms with Crippen LogP contribution in [0.4, 0.5) is 5.13 Å². The van der Waals surface area contributed by atoms with Crippen molar-refractivity contribution < 1.29 is 4.79 Å². The van der Waals surface area contributed by atoms with Crippen LogP contribution in [0.3, 0.4) is 0 Å². The third-order valence-electron chi connectivity index (χ3n) is 5.93. The molecule has 2 unspecified atom stereocenters. The van der Waals surface area contributed by atoms with E-state index < -0.39 is 0 Å². The molecule has 4 heterocycles. The van der Waals surface area contributed by atoms with Crippen LogP contribution in [0.2, 0.25) is 0 Å². The SMILES string of the molecule is Cc1nn(C)c2nc(C(C)C)cc(C(=O)Nc3nc(CN4CC(C)CC(C)C4)cs3)c12. The monoisotopic (exact) mass is 440 g/mol. The van der Waals surface area contributed by atoms with Gasteiger partial charge in [-0.1, -0.05) is 27.7 Å². The second-order valence-electron chi connectivity index (χ2n) is 9.40. The van der Waals surface area contributed by atoms with E-state index in [2.05, 4.69) is 48.4 Å². The fourth-order valence-electron chi connectivity index (χ4n) is 4.69. The Morgan fingerprint density at radius 3 is 2.65 bits per heavy atom. The highest BCUT2D eigenvalue weighted by Gasteiger charge is 2.23. The van der Waals surface area contributed by atoms with Crippen LogP contribution in [0, 0.1) is 18.8 Å². The second kappa shape index (κ2) is 8.67. The fraction of sp³-hybridized carbons (Fsp3) is 0.565. The van der Waals surface area contributed by atoms with E-state index in [1.54, 1.807) is 4.68 Å². The molecule has 1 amide bonds. The first-order chi connectivity index (χ1) is 14.7. The van der Waals surface area contributed by atoms with Crippen molar-refractivity contribution in [3.8, 4) is 0 Å². The van der Waals surface area contributed by atoms with Gasteiger partial charge in [-0.05, 0) is 37.2 Å². The molecule has 31 heavy (non-hydrogen) atoms. The van der Waals surface area contributed by atoms with Crippen LogP contribution in [0.25, 0.3) is 11.0 Å². The lowest BCUT2D eigenvalue weighted by atomic mass is 9.92. The van der Waals surface area contributed by atoms with E-state index in [1.807, 2.05) is 20.0 Å². The number of thiazole rings is 1. The summed E-state index contributed by atoms with van der Waals surface area (Å²) in [5.41, 5.74) is 4.05. The third kappa shape index (κ3) is 4.65. The summed E-state index contributed by atoms with van der Waals surface area (Å²) in [7, 11) is 1.86. The van der Waals surface area contributed by atoms with Crippen LogP contribution in [0.5, 0.6) is 0 Å². The van der Waals surface area contributed by atoms with Crippen molar-refractivity contribution in [2.75, 3.05) is 18.4 Å². The topological polar surface area (TPSA) is 75.9 Å². The highest BCUT2D eigenvalue weighted by molar-refractivity contribution is 7.14. The molecule has 0 aromatic carbocycles. The van der Waals surface area contributed by atoms with Crippen molar-refractivity contribution in [1.82, 2.24) is 24.6 Å². The number of nitrogens with one attached hydrogen (secondary N) is 1. The molecule has 1 saturated heterocycles. The number of hydrogen-bond acceptors (Lipinski definition) is 6. The number of hydrogen-bond donors (Lipinski definition) is 1. The van der Waals surface area contributed by atoms with E-state index >= 15 is 0 Å². The first-order valence-corrected chi connectivity index (χ1v) is 11.9. The van der Waals surface area contributed by atoms with Crippen molar-refractivity contribution >= 4 is 33.4 Å². The Balaban J connectivity index is 1.55. The molecule has 0 radical (unpaired) electrons. The molecule has 0 bridgehead atoms. The van der Waals surface area contributed by atoms with Gasteiger partial charge in [0.15, 0.2) is 10.8 Å². The van der Waals surface area contributed by atoms with Crippen LogP contribution in [0.1, 0.15) is 67.5 Å². The summed E-state index contributed by atoms with van der Waals surface area (Å²) in [6, 6.07) is 1.89. The summed E-state index contributed by atoms with van der Waals surface area (Å²) in [4.78, 5) is 25.1. The number of carbonyl (C=O) groups is 1. The quantitative estimate of drug-likeness (QED) is 0.628. The molecule has 4 rings (SSSR count). The van der Waals surface area contributed by atoms with Crippen molar-refractivity contribution in [2.45, 2.75) is 53.5 Å². The zero-order valence-electron chi connectivity index (χ0n) is 19.3. The van der Waals surface area contributed by atoms with Gasteiger partial charge in [0.2, 0.25) is 0 Å². The number of carbonyl (C=O) groups excluding carboxylic acids is 1. The highest BCUT2D eigenvalue weighted by atomic mass is 32.1. The van der Waals surface area contributed by atoms with E-state index in [9.17, 15) is 4.79 Å². The minimum atomic E-state index is -0.161. The summed E-state index contributed by atoms with van der Waals surface area (Å²) < 4.78 is 1.75. The van der Waals surface area contributed by atoms with Gasteiger partial charge in [0.05, 0.1) is 22.3 Å². The number of pyridine rings is 1. The minimum absolute atomic E-state index is 0.161. The summed E-state index contributed by atoms with van der Waals surface area (Å²) in [6.07, 6.45) is 1.29. The molecule has 1 N–H and O–H groups in total. The van der Waals surface area contributed by atoms with Gasteiger partial charge < -0.3 is 0 Å². The van der Waals surface area contributed by atoms with Gasteiger partial charge in [-0.25, -0.2) is 9.97 Å². The van der Waals surface area contributed by atoms with E-state index in [1.165, 1.54) is 17.8 Å². The number of nitrogens with zero attached hydrogens (tertiary/aromatic N) is 5. The Bertz CT molecular complexity index is 1090. The molecule has 166 valence electrons. The molecule has 3 aromatic heterocycles. The summed E-state index contributed by atoms with van der Waals surface area (Å²) in [5.74, 6) is 1.49. The molecular weight excluding hydrogens is 408 g/mol. The molecule has 0 aliphatic carbocycles. The van der Waals surface area contributed by atoms with E-state index in [4.69, 9.17) is 9.97 Å². The van der Waals surface area contributed by atoms with E-state index in [0.717, 1.165) is 47.7 Å². The number of aromatic nitrogens is 4. The molecule has 2 atom stereocenters. The first-order valence-electron chi connectivity index (χ1n) is 11.0. The molecule has 8 heteroatoms. The molecule has 1 aliphatic rings.